The van der Waals surface area contributed by atoms with Crippen LogP contribution in [0, 0.1) is 19.8 Å². The summed E-state index contributed by atoms with van der Waals surface area (Å²) in [5, 5.41) is 11.6. The Kier molecular flexibility index (Phi) is 5.65. The highest BCUT2D eigenvalue weighted by atomic mass is 16.5. The Morgan fingerprint density at radius 1 is 1.44 bits per heavy atom. The third kappa shape index (κ3) is 4.75. The van der Waals surface area contributed by atoms with Crippen LogP contribution in [0.3, 0.4) is 0 Å². The van der Waals surface area contributed by atoms with Crippen LogP contribution in [0.1, 0.15) is 18.1 Å². The Hall–Kier alpha value is -1.55. The minimum absolute atomic E-state index is 0.00242. The SMILES string of the molecule is Cc1ccc(C)c(OCC(=O)NCC(C)CO)c1. The average Bonchev–Trinajstić information content (AvgIpc) is 2.36. The van der Waals surface area contributed by atoms with Crippen molar-refractivity contribution in [3.05, 3.63) is 29.3 Å². The summed E-state index contributed by atoms with van der Waals surface area (Å²) in [4.78, 5) is 11.5. The highest BCUT2D eigenvalue weighted by Gasteiger charge is 2.06. The molecule has 0 spiro atoms. The van der Waals surface area contributed by atoms with E-state index in [4.69, 9.17) is 9.84 Å². The molecule has 0 radical (unpaired) electrons. The molecule has 0 aliphatic rings. The number of benzene rings is 1. The molecule has 0 heterocycles. The van der Waals surface area contributed by atoms with Crippen LogP contribution in [0.25, 0.3) is 0 Å². The van der Waals surface area contributed by atoms with Crippen molar-refractivity contribution in [3.8, 4) is 5.75 Å². The number of hydrogen-bond acceptors (Lipinski definition) is 3. The molecule has 1 amide bonds. The van der Waals surface area contributed by atoms with Gasteiger partial charge in [0.2, 0.25) is 0 Å². The number of aliphatic hydroxyl groups excluding tert-OH is 1. The fourth-order valence-electron chi connectivity index (χ4n) is 1.41. The first kappa shape index (κ1) is 14.5. The van der Waals surface area contributed by atoms with Crippen molar-refractivity contribution < 1.29 is 14.6 Å². The van der Waals surface area contributed by atoms with Crippen molar-refractivity contribution in [2.24, 2.45) is 5.92 Å². The highest BCUT2D eigenvalue weighted by molar-refractivity contribution is 5.77. The van der Waals surface area contributed by atoms with Gasteiger partial charge in [0.15, 0.2) is 6.61 Å². The molecule has 1 aromatic rings. The fraction of sp³-hybridized carbons (Fsp3) is 0.500. The first-order valence-corrected chi connectivity index (χ1v) is 6.10. The Labute approximate surface area is 108 Å². The first-order valence-electron chi connectivity index (χ1n) is 6.10. The van der Waals surface area contributed by atoms with Gasteiger partial charge in [0.05, 0.1) is 0 Å². The molecule has 4 nitrogen and oxygen atoms in total. The fourth-order valence-corrected chi connectivity index (χ4v) is 1.41. The molecular formula is C14H21NO3. The zero-order valence-corrected chi connectivity index (χ0v) is 11.2. The van der Waals surface area contributed by atoms with Crippen molar-refractivity contribution in [1.29, 1.82) is 0 Å². The molecule has 0 aliphatic heterocycles. The third-order valence-corrected chi connectivity index (χ3v) is 2.66. The summed E-state index contributed by atoms with van der Waals surface area (Å²) in [6.07, 6.45) is 0. The molecule has 0 fully saturated rings. The molecule has 0 bridgehead atoms. The number of rotatable bonds is 6. The second-order valence-electron chi connectivity index (χ2n) is 4.65. The number of carbonyl (C=O) groups excluding carboxylic acids is 1. The lowest BCUT2D eigenvalue weighted by atomic mass is 10.1. The van der Waals surface area contributed by atoms with E-state index in [1.54, 1.807) is 0 Å². The third-order valence-electron chi connectivity index (χ3n) is 2.66. The predicted molar refractivity (Wildman–Crippen MR) is 70.7 cm³/mol. The topological polar surface area (TPSA) is 58.6 Å². The van der Waals surface area contributed by atoms with Gasteiger partial charge in [0.25, 0.3) is 5.91 Å². The molecule has 0 saturated carbocycles. The van der Waals surface area contributed by atoms with E-state index in [1.165, 1.54) is 0 Å². The number of amides is 1. The number of ether oxygens (including phenoxy) is 1. The summed E-state index contributed by atoms with van der Waals surface area (Å²) in [6.45, 7) is 6.33. The summed E-state index contributed by atoms with van der Waals surface area (Å²) >= 11 is 0. The number of aliphatic hydroxyl groups is 1. The lowest BCUT2D eigenvalue weighted by molar-refractivity contribution is -0.123. The van der Waals surface area contributed by atoms with Crippen LogP contribution in [0.15, 0.2) is 18.2 Å². The zero-order chi connectivity index (χ0) is 13.5. The Morgan fingerprint density at radius 2 is 2.17 bits per heavy atom. The number of hydrogen-bond donors (Lipinski definition) is 2. The highest BCUT2D eigenvalue weighted by Crippen LogP contribution is 2.18. The first-order chi connectivity index (χ1) is 8.52. The lowest BCUT2D eigenvalue weighted by Crippen LogP contribution is -2.33. The van der Waals surface area contributed by atoms with E-state index in [0.29, 0.717) is 6.54 Å². The zero-order valence-electron chi connectivity index (χ0n) is 11.2. The molecule has 0 aromatic heterocycles. The molecule has 4 heteroatoms. The van der Waals surface area contributed by atoms with Gasteiger partial charge in [-0.3, -0.25) is 4.79 Å². The van der Waals surface area contributed by atoms with Gasteiger partial charge < -0.3 is 15.2 Å². The van der Waals surface area contributed by atoms with E-state index >= 15 is 0 Å². The van der Waals surface area contributed by atoms with Crippen LogP contribution in [0.4, 0.5) is 0 Å². The van der Waals surface area contributed by atoms with E-state index < -0.39 is 0 Å². The van der Waals surface area contributed by atoms with Gasteiger partial charge in [-0.15, -0.1) is 0 Å². The van der Waals surface area contributed by atoms with Crippen molar-refractivity contribution in [1.82, 2.24) is 5.32 Å². The van der Waals surface area contributed by atoms with Crippen LogP contribution < -0.4 is 10.1 Å². The summed E-state index contributed by atoms with van der Waals surface area (Å²) in [6, 6.07) is 5.89. The molecule has 18 heavy (non-hydrogen) atoms. The molecular weight excluding hydrogens is 230 g/mol. The molecule has 1 rings (SSSR count). The normalized spacial score (nSPS) is 12.0. The van der Waals surface area contributed by atoms with Gasteiger partial charge in [0, 0.05) is 13.2 Å². The molecule has 1 unspecified atom stereocenters. The molecule has 1 aromatic carbocycles. The molecule has 1 atom stereocenters. The van der Waals surface area contributed by atoms with Gasteiger partial charge >= 0.3 is 0 Å². The minimum atomic E-state index is -0.170. The van der Waals surface area contributed by atoms with Gasteiger partial charge in [0.1, 0.15) is 5.75 Å². The summed E-state index contributed by atoms with van der Waals surface area (Å²) in [5.74, 6) is 0.631. The molecule has 100 valence electrons. The van der Waals surface area contributed by atoms with E-state index in [2.05, 4.69) is 5.32 Å². The van der Waals surface area contributed by atoms with Gasteiger partial charge in [-0.1, -0.05) is 19.1 Å². The number of carbonyl (C=O) groups is 1. The second kappa shape index (κ2) is 7.01. The van der Waals surface area contributed by atoms with Gasteiger partial charge in [-0.2, -0.15) is 0 Å². The van der Waals surface area contributed by atoms with Crippen molar-refractivity contribution in [2.75, 3.05) is 19.8 Å². The van der Waals surface area contributed by atoms with Crippen LogP contribution in [0.5, 0.6) is 5.75 Å². The largest absolute Gasteiger partial charge is 0.483 e. The summed E-state index contributed by atoms with van der Waals surface area (Å²) in [7, 11) is 0. The van der Waals surface area contributed by atoms with Crippen LogP contribution in [-0.2, 0) is 4.79 Å². The average molecular weight is 251 g/mol. The van der Waals surface area contributed by atoms with E-state index in [1.807, 2.05) is 39.0 Å². The summed E-state index contributed by atoms with van der Waals surface area (Å²) < 4.78 is 5.47. The summed E-state index contributed by atoms with van der Waals surface area (Å²) in [5.41, 5.74) is 2.11. The quantitative estimate of drug-likeness (QED) is 0.804. The number of aryl methyl sites for hydroxylation is 2. The molecule has 0 saturated heterocycles. The van der Waals surface area contributed by atoms with Crippen molar-refractivity contribution >= 4 is 5.91 Å². The van der Waals surface area contributed by atoms with Gasteiger partial charge in [-0.25, -0.2) is 0 Å². The second-order valence-corrected chi connectivity index (χ2v) is 4.65. The van der Waals surface area contributed by atoms with Crippen LogP contribution in [-0.4, -0.2) is 30.8 Å². The molecule has 0 aliphatic carbocycles. The van der Waals surface area contributed by atoms with Gasteiger partial charge in [-0.05, 0) is 37.0 Å². The van der Waals surface area contributed by atoms with E-state index in [9.17, 15) is 4.79 Å². The predicted octanol–water partition coefficient (Wildman–Crippen LogP) is 1.43. The number of nitrogens with one attached hydrogen (secondary N) is 1. The Balaban J connectivity index is 2.40. The maximum absolute atomic E-state index is 11.5. The maximum Gasteiger partial charge on any atom is 0.257 e. The van der Waals surface area contributed by atoms with Crippen LogP contribution in [0.2, 0.25) is 0 Å². The smallest absolute Gasteiger partial charge is 0.257 e. The van der Waals surface area contributed by atoms with E-state index in [-0.39, 0.29) is 25.0 Å². The van der Waals surface area contributed by atoms with Crippen LogP contribution >= 0.6 is 0 Å². The Morgan fingerprint density at radius 3 is 2.83 bits per heavy atom. The molecule has 2 N–H and O–H groups in total. The standard InChI is InChI=1S/C14H21NO3/c1-10-4-5-12(3)13(6-10)18-9-14(17)15-7-11(2)8-16/h4-6,11,16H,7-9H2,1-3H3,(H,15,17). The minimum Gasteiger partial charge on any atom is -0.483 e. The van der Waals surface area contributed by atoms with E-state index in [0.717, 1.165) is 16.9 Å². The monoisotopic (exact) mass is 251 g/mol. The maximum atomic E-state index is 11.5. The van der Waals surface area contributed by atoms with Crippen molar-refractivity contribution in [2.45, 2.75) is 20.8 Å². The Bertz CT molecular complexity index is 404. The lowest BCUT2D eigenvalue weighted by Gasteiger charge is -2.12. The van der Waals surface area contributed by atoms with Crippen molar-refractivity contribution in [3.63, 3.8) is 0 Å².